The average Bonchev–Trinajstić information content (AvgIpc) is 2.34. The van der Waals surface area contributed by atoms with Crippen LogP contribution in [0.2, 0.25) is 0 Å². The van der Waals surface area contributed by atoms with Gasteiger partial charge in [-0.25, -0.2) is 0 Å². The van der Waals surface area contributed by atoms with Crippen LogP contribution in [-0.4, -0.2) is 39.2 Å². The van der Waals surface area contributed by atoms with Gasteiger partial charge in [-0.2, -0.15) is 0 Å². The second-order valence-corrected chi connectivity index (χ2v) is 3.69. The minimum atomic E-state index is 0.379. The maximum absolute atomic E-state index is 5.80. The molecule has 0 amide bonds. The first kappa shape index (κ1) is 17.2. The average molecular weight is 286 g/mol. The fraction of sp³-hybridized carbons (Fsp3) is 0. The molecule has 10 radical (unpaired) electrons. The van der Waals surface area contributed by atoms with Gasteiger partial charge in [-0.3, -0.25) is 0 Å². The van der Waals surface area contributed by atoms with E-state index < -0.39 is 0 Å². The minimum Gasteiger partial charge on any atom is -0.132 e. The highest BCUT2D eigenvalue weighted by Crippen LogP contribution is 2.10. The Morgan fingerprint density at radius 1 is 0.667 bits per heavy atom. The Bertz CT molecular complexity index is 441. The third-order valence-corrected chi connectivity index (χ3v) is 2.17. The fourth-order valence-electron chi connectivity index (χ4n) is 0.991. The van der Waals surface area contributed by atoms with Crippen molar-refractivity contribution in [1.29, 1.82) is 0 Å². The van der Waals surface area contributed by atoms with Gasteiger partial charge in [0.25, 0.3) is 0 Å². The number of hydrogen-bond acceptors (Lipinski definition) is 0. The molecule has 0 aliphatic carbocycles. The molecule has 0 nitrogen and oxygen atoms in total. The molecule has 0 saturated carbocycles. The molecule has 0 rings (SSSR count). The van der Waals surface area contributed by atoms with Crippen molar-refractivity contribution in [2.75, 3.05) is 0 Å². The van der Waals surface area contributed by atoms with E-state index in [1.807, 2.05) is 0 Å². The summed E-state index contributed by atoms with van der Waals surface area (Å²) in [6, 6.07) is 0. The Kier molecular flexibility index (Phi) is 9.77. The normalized spacial score (nSPS) is 15.8. The summed E-state index contributed by atoms with van der Waals surface area (Å²) in [7, 11) is 27.7. The molecule has 0 aliphatic rings. The van der Waals surface area contributed by atoms with Gasteiger partial charge in [0.1, 0.15) is 39.2 Å². The Balaban J connectivity index is 5.25. The third kappa shape index (κ3) is 6.85. The number of rotatable bonds is 5. The Morgan fingerprint density at radius 2 is 1.17 bits per heavy atom. The van der Waals surface area contributed by atoms with E-state index in [1.54, 1.807) is 29.3 Å². The van der Waals surface area contributed by atoms with E-state index in [9.17, 15) is 0 Å². The van der Waals surface area contributed by atoms with Crippen molar-refractivity contribution >= 4 is 55.2 Å². The van der Waals surface area contributed by atoms with Crippen LogP contribution in [0.5, 0.6) is 0 Å². The molecule has 0 N–H and O–H groups in total. The molecule has 0 aliphatic heterocycles. The summed E-state index contributed by atoms with van der Waals surface area (Å²) in [4.78, 5) is 1.67. The molecule has 0 aromatic heterocycles. The highest BCUT2D eigenvalue weighted by Gasteiger charge is 1.92. The standard InChI is InChI=1S/C12H8B5Br/c13-6-3-10(15)9(5-8-18)1-2-11(16)12(17)4-7-14/h1-8H/b2-1+,6-3+,7-4+,8-5+,10-9+,12-11-. The van der Waals surface area contributed by atoms with Crippen molar-refractivity contribution in [3.05, 3.63) is 69.3 Å². The number of hydrogen-bond donors (Lipinski definition) is 0. The van der Waals surface area contributed by atoms with Gasteiger partial charge in [-0.15, -0.1) is 22.9 Å². The molecule has 0 heterocycles. The quantitative estimate of drug-likeness (QED) is 0.534. The van der Waals surface area contributed by atoms with Crippen molar-refractivity contribution in [3.63, 3.8) is 0 Å². The number of halogens is 1. The summed E-state index contributed by atoms with van der Waals surface area (Å²) >= 11 is 3.18. The van der Waals surface area contributed by atoms with Crippen molar-refractivity contribution in [3.8, 4) is 0 Å². The lowest BCUT2D eigenvalue weighted by molar-refractivity contribution is 1.64. The Labute approximate surface area is 124 Å². The van der Waals surface area contributed by atoms with Gasteiger partial charge < -0.3 is 0 Å². The molecule has 0 aromatic carbocycles. The van der Waals surface area contributed by atoms with Crippen LogP contribution in [0.4, 0.5) is 0 Å². The summed E-state index contributed by atoms with van der Waals surface area (Å²) in [5.41, 5.74) is 2.01. The summed E-state index contributed by atoms with van der Waals surface area (Å²) < 4.78 is 0. The first-order valence-electron chi connectivity index (χ1n) is 5.03. The van der Waals surface area contributed by atoms with Gasteiger partial charge in [0, 0.05) is 0 Å². The summed E-state index contributed by atoms with van der Waals surface area (Å²) in [6.07, 6.45) is 8.20. The third-order valence-electron chi connectivity index (χ3n) is 1.90. The highest BCUT2D eigenvalue weighted by molar-refractivity contribution is 9.11. The number of allylic oxidation sites excluding steroid dienone is 9. The van der Waals surface area contributed by atoms with Crippen LogP contribution < -0.4 is 0 Å². The van der Waals surface area contributed by atoms with Crippen LogP contribution in [0, 0.1) is 0 Å². The maximum atomic E-state index is 5.80. The summed E-state index contributed by atoms with van der Waals surface area (Å²) in [5, 5.41) is 0. The molecule has 78 valence electrons. The van der Waals surface area contributed by atoms with Crippen LogP contribution in [0.25, 0.3) is 0 Å². The van der Waals surface area contributed by atoms with E-state index in [0.29, 0.717) is 16.4 Å². The van der Waals surface area contributed by atoms with Gasteiger partial charge >= 0.3 is 0 Å². The van der Waals surface area contributed by atoms with Crippen molar-refractivity contribution < 1.29 is 0 Å². The van der Waals surface area contributed by atoms with Gasteiger partial charge in [0.05, 0.1) is 0 Å². The van der Waals surface area contributed by atoms with Crippen molar-refractivity contribution in [2.45, 2.75) is 0 Å². The van der Waals surface area contributed by atoms with Crippen molar-refractivity contribution in [2.24, 2.45) is 0 Å². The molecule has 0 fully saturated rings. The SMILES string of the molecule is [B]\C=C\C([B])=C([B])/C=C/C(/C=C/Br)=C([B])/C=C/[B]. The van der Waals surface area contributed by atoms with Crippen LogP contribution in [0.1, 0.15) is 0 Å². The topological polar surface area (TPSA) is 0 Å². The molecule has 0 spiro atoms. The lowest BCUT2D eigenvalue weighted by Crippen LogP contribution is -1.88. The predicted octanol–water partition coefficient (Wildman–Crippen LogP) is 1.79. The second kappa shape index (κ2) is 10.2. The van der Waals surface area contributed by atoms with E-state index >= 15 is 0 Å². The zero-order valence-corrected chi connectivity index (χ0v) is 11.5. The molecule has 0 saturated heterocycles. The molecule has 0 bridgehead atoms. The molecular weight excluding hydrogens is 278 g/mol. The fourth-order valence-corrected chi connectivity index (χ4v) is 1.28. The predicted molar refractivity (Wildman–Crippen MR) is 88.3 cm³/mol. The van der Waals surface area contributed by atoms with E-state index in [4.69, 9.17) is 39.2 Å². The van der Waals surface area contributed by atoms with E-state index in [-0.39, 0.29) is 0 Å². The van der Waals surface area contributed by atoms with Gasteiger partial charge in [-0.05, 0) is 16.6 Å². The second-order valence-electron chi connectivity index (χ2n) is 3.17. The van der Waals surface area contributed by atoms with Gasteiger partial charge in [0.15, 0.2) is 0 Å². The molecule has 6 heteroatoms. The molecule has 0 atom stereocenters. The lowest BCUT2D eigenvalue weighted by atomic mass is 9.78. The van der Waals surface area contributed by atoms with Gasteiger partial charge in [0.2, 0.25) is 0 Å². The maximum Gasteiger partial charge on any atom is 0.114 e. The largest absolute Gasteiger partial charge is 0.132 e. The van der Waals surface area contributed by atoms with Crippen LogP contribution in [0.15, 0.2) is 69.3 Å². The molecule has 18 heavy (non-hydrogen) atoms. The van der Waals surface area contributed by atoms with E-state index in [2.05, 4.69) is 15.9 Å². The van der Waals surface area contributed by atoms with Crippen molar-refractivity contribution in [1.82, 2.24) is 0 Å². The summed E-state index contributed by atoms with van der Waals surface area (Å²) in [5.74, 6) is 2.67. The molecule has 0 aromatic rings. The molecular formula is C12H8B5Br. The molecule has 0 unspecified atom stereocenters. The van der Waals surface area contributed by atoms with E-state index in [0.717, 1.165) is 5.57 Å². The van der Waals surface area contributed by atoms with Crippen LogP contribution in [0.3, 0.4) is 0 Å². The Hall–Kier alpha value is -0.755. The highest BCUT2D eigenvalue weighted by atomic mass is 79.9. The Morgan fingerprint density at radius 3 is 1.67 bits per heavy atom. The first-order valence-corrected chi connectivity index (χ1v) is 5.94. The minimum absolute atomic E-state index is 0.379. The smallest absolute Gasteiger partial charge is 0.114 e. The summed E-state index contributed by atoms with van der Waals surface area (Å²) in [6.45, 7) is 0. The zero-order valence-electron chi connectivity index (χ0n) is 9.88. The van der Waals surface area contributed by atoms with Crippen LogP contribution >= 0.6 is 15.9 Å². The lowest BCUT2D eigenvalue weighted by Gasteiger charge is -2.02. The zero-order chi connectivity index (χ0) is 14.0. The first-order chi connectivity index (χ1) is 8.56. The van der Waals surface area contributed by atoms with E-state index in [1.165, 1.54) is 18.0 Å². The monoisotopic (exact) mass is 286 g/mol. The van der Waals surface area contributed by atoms with Crippen LogP contribution in [-0.2, 0) is 0 Å². The van der Waals surface area contributed by atoms with Gasteiger partial charge in [-0.1, -0.05) is 45.7 Å².